The first-order valence-electron chi connectivity index (χ1n) is 8.47. The number of benzene rings is 1. The average molecular weight is 439 g/mol. The van der Waals surface area contributed by atoms with Crippen LogP contribution in [0, 0.1) is 0 Å². The van der Waals surface area contributed by atoms with Crippen LogP contribution in [-0.2, 0) is 29.0 Å². The molecule has 1 aliphatic heterocycles. The van der Waals surface area contributed by atoms with Gasteiger partial charge >= 0.3 is 12.3 Å². The Bertz CT molecular complexity index is 838. The SMILES string of the molecule is CCOC(=O)/C(=C\C1CN(S(=O)(=O)c2ccc(OC(F)(F)F)cc2)CCO1)OC. The molecule has 29 heavy (non-hydrogen) atoms. The zero-order chi connectivity index (χ0) is 21.7. The van der Waals surface area contributed by atoms with Crippen LogP contribution in [0.25, 0.3) is 0 Å². The number of carbonyl (C=O) groups is 1. The fraction of sp³-hybridized carbons (Fsp3) is 0.471. The second-order valence-corrected chi connectivity index (χ2v) is 7.68. The van der Waals surface area contributed by atoms with Gasteiger partial charge in [0, 0.05) is 13.1 Å². The number of ether oxygens (including phenoxy) is 4. The second-order valence-electron chi connectivity index (χ2n) is 5.75. The molecule has 1 unspecified atom stereocenters. The van der Waals surface area contributed by atoms with Gasteiger partial charge in [-0.1, -0.05) is 0 Å². The maximum atomic E-state index is 12.8. The number of rotatable bonds is 7. The number of hydrogen-bond acceptors (Lipinski definition) is 7. The number of morpholine rings is 1. The van der Waals surface area contributed by atoms with Crippen LogP contribution in [0.4, 0.5) is 13.2 Å². The maximum absolute atomic E-state index is 12.8. The lowest BCUT2D eigenvalue weighted by molar-refractivity contribution is -0.274. The maximum Gasteiger partial charge on any atom is 0.573 e. The normalized spacial score (nSPS) is 18.9. The average Bonchev–Trinajstić information content (AvgIpc) is 2.65. The molecule has 1 atom stereocenters. The summed E-state index contributed by atoms with van der Waals surface area (Å²) in [5, 5.41) is 0. The smallest absolute Gasteiger partial charge is 0.490 e. The molecular weight excluding hydrogens is 419 g/mol. The zero-order valence-corrected chi connectivity index (χ0v) is 16.5. The molecule has 1 saturated heterocycles. The summed E-state index contributed by atoms with van der Waals surface area (Å²) in [7, 11) is -2.73. The van der Waals surface area contributed by atoms with Crippen molar-refractivity contribution in [2.45, 2.75) is 24.3 Å². The lowest BCUT2D eigenvalue weighted by Gasteiger charge is -2.31. The first-order chi connectivity index (χ1) is 13.6. The van der Waals surface area contributed by atoms with E-state index in [2.05, 4.69) is 4.74 Å². The summed E-state index contributed by atoms with van der Waals surface area (Å²) >= 11 is 0. The summed E-state index contributed by atoms with van der Waals surface area (Å²) in [6, 6.07) is 3.88. The molecule has 1 heterocycles. The molecule has 8 nitrogen and oxygen atoms in total. The molecule has 0 radical (unpaired) electrons. The molecule has 1 aliphatic rings. The van der Waals surface area contributed by atoms with Crippen molar-refractivity contribution in [1.29, 1.82) is 0 Å². The van der Waals surface area contributed by atoms with Crippen molar-refractivity contribution in [2.75, 3.05) is 33.4 Å². The van der Waals surface area contributed by atoms with Gasteiger partial charge in [-0.3, -0.25) is 0 Å². The second kappa shape index (κ2) is 9.46. The topological polar surface area (TPSA) is 91.4 Å². The Hall–Kier alpha value is -2.31. The molecule has 1 fully saturated rings. The van der Waals surface area contributed by atoms with Crippen LogP contribution in [0.15, 0.2) is 41.0 Å². The Kier molecular flexibility index (Phi) is 7.49. The Morgan fingerprint density at radius 1 is 1.31 bits per heavy atom. The van der Waals surface area contributed by atoms with E-state index in [1.807, 2.05) is 0 Å². The minimum atomic E-state index is -4.87. The van der Waals surface area contributed by atoms with Gasteiger partial charge in [-0.2, -0.15) is 4.31 Å². The van der Waals surface area contributed by atoms with Crippen molar-refractivity contribution in [3.63, 3.8) is 0 Å². The summed E-state index contributed by atoms with van der Waals surface area (Å²) in [5.74, 6) is -1.36. The van der Waals surface area contributed by atoms with Gasteiger partial charge in [-0.05, 0) is 37.3 Å². The first-order valence-corrected chi connectivity index (χ1v) is 9.91. The van der Waals surface area contributed by atoms with E-state index >= 15 is 0 Å². The lowest BCUT2D eigenvalue weighted by Crippen LogP contribution is -2.45. The largest absolute Gasteiger partial charge is 0.573 e. The number of hydrogen-bond donors (Lipinski definition) is 0. The van der Waals surface area contributed by atoms with Crippen molar-refractivity contribution in [3.8, 4) is 5.75 Å². The van der Waals surface area contributed by atoms with Gasteiger partial charge < -0.3 is 18.9 Å². The molecule has 162 valence electrons. The molecule has 12 heteroatoms. The number of halogens is 3. The fourth-order valence-corrected chi connectivity index (χ4v) is 3.96. The molecule has 1 aromatic carbocycles. The monoisotopic (exact) mass is 439 g/mol. The highest BCUT2D eigenvalue weighted by atomic mass is 32.2. The molecule has 0 bridgehead atoms. The molecule has 2 rings (SSSR count). The van der Waals surface area contributed by atoms with Gasteiger partial charge in [0.1, 0.15) is 5.75 Å². The lowest BCUT2D eigenvalue weighted by atomic mass is 10.2. The summed E-state index contributed by atoms with van der Waals surface area (Å²) in [6.07, 6.45) is -4.33. The van der Waals surface area contributed by atoms with Crippen molar-refractivity contribution >= 4 is 16.0 Å². The Morgan fingerprint density at radius 3 is 2.52 bits per heavy atom. The van der Waals surface area contributed by atoms with E-state index in [4.69, 9.17) is 14.2 Å². The van der Waals surface area contributed by atoms with Gasteiger partial charge in [0.15, 0.2) is 0 Å². The van der Waals surface area contributed by atoms with E-state index in [1.165, 1.54) is 13.2 Å². The van der Waals surface area contributed by atoms with Gasteiger partial charge in [0.05, 0.1) is 31.3 Å². The van der Waals surface area contributed by atoms with Crippen LogP contribution in [-0.4, -0.2) is 64.6 Å². The number of alkyl halides is 3. The highest BCUT2D eigenvalue weighted by Gasteiger charge is 2.33. The standard InChI is InChI=1S/C17H20F3NO7S/c1-3-26-16(22)15(25-2)10-13-11-21(8-9-27-13)29(23,24)14-6-4-12(5-7-14)28-17(18,19)20/h4-7,10,13H,3,8-9,11H2,1-2H3/b15-10+. The van der Waals surface area contributed by atoms with Gasteiger partial charge in [-0.15, -0.1) is 13.2 Å². The molecule has 0 N–H and O–H groups in total. The fourth-order valence-electron chi connectivity index (χ4n) is 2.52. The van der Waals surface area contributed by atoms with Crippen molar-refractivity contribution < 1.29 is 45.3 Å². The van der Waals surface area contributed by atoms with Crippen LogP contribution in [0.3, 0.4) is 0 Å². The van der Waals surface area contributed by atoms with Crippen LogP contribution in [0.1, 0.15) is 6.92 Å². The predicted molar refractivity (Wildman–Crippen MR) is 93.3 cm³/mol. The Labute approximate surface area is 165 Å². The summed E-state index contributed by atoms with van der Waals surface area (Å²) in [5.41, 5.74) is 0. The van der Waals surface area contributed by atoms with E-state index in [-0.39, 0.29) is 37.0 Å². The first kappa shape index (κ1) is 23.0. The third-order valence-corrected chi connectivity index (χ3v) is 5.66. The van der Waals surface area contributed by atoms with E-state index in [0.717, 1.165) is 28.6 Å². The van der Waals surface area contributed by atoms with Gasteiger partial charge in [0.25, 0.3) is 0 Å². The Balaban J connectivity index is 2.15. The number of nitrogens with zero attached hydrogens (tertiary/aromatic N) is 1. The third kappa shape index (κ3) is 6.34. The molecule has 0 amide bonds. The molecule has 0 saturated carbocycles. The highest BCUT2D eigenvalue weighted by Crippen LogP contribution is 2.26. The minimum absolute atomic E-state index is 0.0369. The highest BCUT2D eigenvalue weighted by molar-refractivity contribution is 7.89. The van der Waals surface area contributed by atoms with Crippen LogP contribution < -0.4 is 4.74 Å². The van der Waals surface area contributed by atoms with Gasteiger partial charge in [0.2, 0.25) is 15.8 Å². The Morgan fingerprint density at radius 2 is 1.97 bits per heavy atom. The summed E-state index contributed by atoms with van der Waals surface area (Å²) in [4.78, 5) is 11.6. The molecule has 1 aromatic rings. The summed E-state index contributed by atoms with van der Waals surface area (Å²) in [6.45, 7) is 1.74. The van der Waals surface area contributed by atoms with Crippen LogP contribution in [0.5, 0.6) is 5.75 Å². The van der Waals surface area contributed by atoms with Crippen molar-refractivity contribution in [1.82, 2.24) is 4.31 Å². The van der Waals surface area contributed by atoms with E-state index in [0.29, 0.717) is 0 Å². The van der Waals surface area contributed by atoms with Crippen LogP contribution >= 0.6 is 0 Å². The quantitative estimate of drug-likeness (QED) is 0.365. The van der Waals surface area contributed by atoms with Crippen molar-refractivity contribution in [3.05, 3.63) is 36.1 Å². The number of esters is 1. The molecule has 0 aromatic heterocycles. The molecular formula is C17H20F3NO7S. The van der Waals surface area contributed by atoms with E-state index < -0.39 is 34.2 Å². The van der Waals surface area contributed by atoms with Crippen molar-refractivity contribution in [2.24, 2.45) is 0 Å². The van der Waals surface area contributed by atoms with Gasteiger partial charge in [-0.25, -0.2) is 13.2 Å². The molecule has 0 spiro atoms. The predicted octanol–water partition coefficient (Wildman–Crippen LogP) is 2.07. The van der Waals surface area contributed by atoms with Crippen LogP contribution in [0.2, 0.25) is 0 Å². The number of sulfonamides is 1. The van der Waals surface area contributed by atoms with E-state index in [9.17, 15) is 26.4 Å². The van der Waals surface area contributed by atoms with E-state index in [1.54, 1.807) is 6.92 Å². The number of carbonyl (C=O) groups excluding carboxylic acids is 1. The minimum Gasteiger partial charge on any atom is -0.490 e. The third-order valence-electron chi connectivity index (χ3n) is 3.79. The summed E-state index contributed by atoms with van der Waals surface area (Å²) < 4.78 is 82.4. The zero-order valence-electron chi connectivity index (χ0n) is 15.6. The number of methoxy groups -OCH3 is 1. The molecule has 0 aliphatic carbocycles.